The van der Waals surface area contributed by atoms with Crippen molar-refractivity contribution < 1.29 is 28.0 Å². The molecule has 6 rings (SSSR count). The van der Waals surface area contributed by atoms with Gasteiger partial charge >= 0.3 is 5.69 Å². The van der Waals surface area contributed by atoms with Gasteiger partial charge in [0.2, 0.25) is 0 Å². The summed E-state index contributed by atoms with van der Waals surface area (Å²) in [5, 5.41) is 9.40. The molecule has 5 aromatic rings. The zero-order chi connectivity index (χ0) is 42.6. The Morgan fingerprint density at radius 2 is 1.40 bits per heavy atom. The van der Waals surface area contributed by atoms with Crippen LogP contribution >= 0.6 is 8.53 Å². The smallest absolute Gasteiger partial charge is 0.330 e. The van der Waals surface area contributed by atoms with Gasteiger partial charge in [0.1, 0.15) is 29.4 Å². The van der Waals surface area contributed by atoms with E-state index in [2.05, 4.69) is 43.4 Å². The molecule has 4 atom stereocenters. The van der Waals surface area contributed by atoms with Crippen molar-refractivity contribution in [3.63, 3.8) is 0 Å². The molecule has 0 spiro atoms. The van der Waals surface area contributed by atoms with Gasteiger partial charge in [0.15, 0.2) is 0 Å². The van der Waals surface area contributed by atoms with Crippen LogP contribution in [0.3, 0.4) is 0 Å². The van der Waals surface area contributed by atoms with Crippen molar-refractivity contribution in [3.8, 4) is 17.6 Å². The van der Waals surface area contributed by atoms with Gasteiger partial charge in [-0.25, -0.2) is 9.46 Å². The van der Waals surface area contributed by atoms with Gasteiger partial charge in [-0.15, -0.1) is 0 Å². The number of hydrogen-bond acceptors (Lipinski definition) is 10. The highest BCUT2D eigenvalue weighted by Gasteiger charge is 2.45. The summed E-state index contributed by atoms with van der Waals surface area (Å²) in [7, 11) is 1.56. The summed E-state index contributed by atoms with van der Waals surface area (Å²) in [5.41, 5.74) is 1.96. The van der Waals surface area contributed by atoms with E-state index >= 15 is 0 Å². The minimum Gasteiger partial charge on any atom is -0.497 e. The van der Waals surface area contributed by atoms with E-state index in [9.17, 15) is 14.9 Å². The lowest BCUT2D eigenvalue weighted by Gasteiger charge is -2.39. The molecule has 1 aliphatic heterocycles. The van der Waals surface area contributed by atoms with Gasteiger partial charge < -0.3 is 28.0 Å². The third kappa shape index (κ3) is 10.4. The number of ether oxygens (including phenoxy) is 4. The first-order valence-corrected chi connectivity index (χ1v) is 21.5. The van der Waals surface area contributed by atoms with Crippen LogP contribution in [0.5, 0.6) is 11.5 Å². The Hall–Kier alpha value is -5.12. The van der Waals surface area contributed by atoms with Crippen LogP contribution in [0.15, 0.2) is 125 Å². The van der Waals surface area contributed by atoms with Gasteiger partial charge in [0.05, 0.1) is 46.0 Å². The highest BCUT2D eigenvalue weighted by molar-refractivity contribution is 7.44. The quantitative estimate of drug-likeness (QED) is 0.0463. The zero-order valence-corrected chi connectivity index (χ0v) is 36.0. The molecular weight excluding hydrogens is 780 g/mol. The average molecular weight is 835 g/mol. The van der Waals surface area contributed by atoms with Crippen LogP contribution in [-0.2, 0) is 37.0 Å². The van der Waals surface area contributed by atoms with E-state index in [1.54, 1.807) is 20.4 Å². The van der Waals surface area contributed by atoms with Crippen LogP contribution in [0.25, 0.3) is 0 Å². The number of benzene rings is 4. The Bertz CT molecular complexity index is 2200. The first-order valence-electron chi connectivity index (χ1n) is 20.3. The summed E-state index contributed by atoms with van der Waals surface area (Å²) in [6.45, 7) is 8.53. The number of aryl methyl sites for hydroxylation is 2. The maximum absolute atomic E-state index is 13.6. The standard InChI is InChI=1S/C47H55N4O8P/c1-33(2)51(34(3)4)60(57-29-13-28-48)59-42-30-44(50-31-36(45(52)49-46(50)53)19-18-35-14-9-7-10-15-35)58-43(42)32-56-47(37-16-11-8-12-17-37,38-20-24-40(54-5)25-21-38)39-22-26-41(55-6)27-23-39/h7-12,14-17,20-27,31,33-34,42-44H,13,18-19,29-30,32H2,1-6H3,(H,49,52,53)/t42-,43+,44+,60?/m0/s1. The number of rotatable bonds is 20. The van der Waals surface area contributed by atoms with Gasteiger partial charge in [-0.1, -0.05) is 84.9 Å². The van der Waals surface area contributed by atoms with Gasteiger partial charge in [0, 0.05) is 30.3 Å². The summed E-state index contributed by atoms with van der Waals surface area (Å²) in [6.07, 6.45) is 0.965. The molecule has 1 aliphatic rings. The van der Waals surface area contributed by atoms with E-state index in [1.807, 2.05) is 109 Å². The zero-order valence-electron chi connectivity index (χ0n) is 35.2. The van der Waals surface area contributed by atoms with Crippen molar-refractivity contribution in [1.82, 2.24) is 14.2 Å². The molecule has 4 aromatic carbocycles. The molecule has 1 aromatic heterocycles. The van der Waals surface area contributed by atoms with Crippen molar-refractivity contribution in [2.75, 3.05) is 27.4 Å². The van der Waals surface area contributed by atoms with Crippen LogP contribution in [-0.4, -0.2) is 65.9 Å². The fraction of sp³-hybridized carbons (Fsp3) is 0.383. The van der Waals surface area contributed by atoms with E-state index in [4.69, 9.17) is 28.0 Å². The molecule has 1 unspecified atom stereocenters. The molecule has 60 heavy (non-hydrogen) atoms. The minimum absolute atomic E-state index is 0.0256. The highest BCUT2D eigenvalue weighted by atomic mass is 31.2. The Labute approximate surface area is 353 Å². The number of nitrogens with zero attached hydrogens (tertiary/aromatic N) is 3. The van der Waals surface area contributed by atoms with Crippen LogP contribution in [0.2, 0.25) is 0 Å². The Morgan fingerprint density at radius 3 is 1.95 bits per heavy atom. The summed E-state index contributed by atoms with van der Waals surface area (Å²) < 4.78 is 42.2. The Kier molecular flexibility index (Phi) is 15.5. The summed E-state index contributed by atoms with van der Waals surface area (Å²) in [4.78, 5) is 29.3. The van der Waals surface area contributed by atoms with Crippen molar-refractivity contribution in [2.24, 2.45) is 0 Å². The summed E-state index contributed by atoms with van der Waals surface area (Å²) in [5.74, 6) is 1.40. The number of methoxy groups -OCH3 is 2. The molecule has 1 fully saturated rings. The summed E-state index contributed by atoms with van der Waals surface area (Å²) >= 11 is 0. The molecule has 12 nitrogen and oxygen atoms in total. The molecule has 0 aliphatic carbocycles. The Morgan fingerprint density at radius 1 is 0.833 bits per heavy atom. The third-order valence-corrected chi connectivity index (χ3v) is 12.7. The normalized spacial score (nSPS) is 17.2. The second kappa shape index (κ2) is 20.9. The predicted octanol–water partition coefficient (Wildman–Crippen LogP) is 8.30. The molecule has 316 valence electrons. The first kappa shape index (κ1) is 44.4. The number of aromatic amines is 1. The van der Waals surface area contributed by atoms with Crippen molar-refractivity contribution in [3.05, 3.63) is 164 Å². The molecule has 0 bridgehead atoms. The molecule has 0 saturated carbocycles. The number of nitrogens with one attached hydrogen (secondary N) is 1. The van der Waals surface area contributed by atoms with E-state index in [-0.39, 0.29) is 38.1 Å². The van der Waals surface area contributed by atoms with Crippen LogP contribution in [0, 0.1) is 11.3 Å². The van der Waals surface area contributed by atoms with Crippen LogP contribution in [0.4, 0.5) is 0 Å². The molecule has 2 heterocycles. The van der Waals surface area contributed by atoms with E-state index in [0.717, 1.165) is 22.3 Å². The number of aromatic nitrogens is 2. The molecular formula is C47H55N4O8P. The summed E-state index contributed by atoms with van der Waals surface area (Å²) in [6, 6.07) is 37.7. The number of hydrogen-bond donors (Lipinski definition) is 1. The largest absolute Gasteiger partial charge is 0.497 e. The van der Waals surface area contributed by atoms with Crippen molar-refractivity contribution in [1.29, 1.82) is 5.26 Å². The molecule has 13 heteroatoms. The van der Waals surface area contributed by atoms with Gasteiger partial charge in [-0.3, -0.25) is 14.3 Å². The number of H-pyrrole nitrogens is 1. The van der Waals surface area contributed by atoms with E-state index in [1.165, 1.54) is 4.57 Å². The lowest BCUT2D eigenvalue weighted by atomic mass is 9.80. The van der Waals surface area contributed by atoms with E-state index in [0.29, 0.717) is 29.9 Å². The maximum Gasteiger partial charge on any atom is 0.330 e. The van der Waals surface area contributed by atoms with Gasteiger partial charge in [-0.2, -0.15) is 5.26 Å². The van der Waals surface area contributed by atoms with Gasteiger partial charge in [-0.05, 0) is 87.1 Å². The second-order valence-electron chi connectivity index (χ2n) is 15.2. The molecule has 1 N–H and O–H groups in total. The lowest BCUT2D eigenvalue weighted by molar-refractivity contribution is -0.0926. The second-order valence-corrected chi connectivity index (χ2v) is 16.6. The highest BCUT2D eigenvalue weighted by Crippen LogP contribution is 2.50. The Balaban J connectivity index is 1.42. The van der Waals surface area contributed by atoms with Crippen molar-refractivity contribution >= 4 is 8.53 Å². The van der Waals surface area contributed by atoms with Crippen molar-refractivity contribution in [2.45, 2.75) is 89.5 Å². The van der Waals surface area contributed by atoms with Crippen LogP contribution < -0.4 is 20.7 Å². The first-order chi connectivity index (χ1) is 29.1. The minimum atomic E-state index is -1.70. The molecule has 0 radical (unpaired) electrons. The third-order valence-electron chi connectivity index (χ3n) is 10.6. The monoisotopic (exact) mass is 834 g/mol. The SMILES string of the molecule is COc1ccc(C(OC[C@H]2O[C@@H](n3cc(CCc4ccccc4)c(=O)[nH]c3=O)C[C@@H]2OP(OCCC#N)N(C(C)C)C(C)C)(c2ccccc2)c2ccc(OC)cc2)cc1. The predicted molar refractivity (Wildman–Crippen MR) is 232 cm³/mol. The lowest BCUT2D eigenvalue weighted by Crippen LogP contribution is -2.39. The van der Waals surface area contributed by atoms with Crippen LogP contribution in [0.1, 0.15) is 74.6 Å². The molecule has 1 saturated heterocycles. The van der Waals surface area contributed by atoms with Gasteiger partial charge in [0.25, 0.3) is 14.1 Å². The maximum atomic E-state index is 13.6. The fourth-order valence-electron chi connectivity index (χ4n) is 7.67. The number of nitriles is 1. The topological polar surface area (TPSA) is 137 Å². The average Bonchev–Trinajstić information content (AvgIpc) is 3.66. The fourth-order valence-corrected chi connectivity index (χ4v) is 9.42. The van der Waals surface area contributed by atoms with E-state index < -0.39 is 43.8 Å². The molecule has 0 amide bonds.